The Morgan fingerprint density at radius 3 is 2.81 bits per heavy atom. The van der Waals surface area contributed by atoms with Gasteiger partial charge in [-0.1, -0.05) is 41.4 Å². The van der Waals surface area contributed by atoms with Crippen molar-refractivity contribution < 1.29 is 9.15 Å². The maximum Gasteiger partial charge on any atom is 0.173 e. The van der Waals surface area contributed by atoms with E-state index in [0.29, 0.717) is 22.3 Å². The highest BCUT2D eigenvalue weighted by atomic mass is 35.5. The number of rotatable bonds is 1. The Labute approximate surface area is 131 Å². The van der Waals surface area contributed by atoms with E-state index >= 15 is 0 Å². The second-order valence-electron chi connectivity index (χ2n) is 4.94. The van der Waals surface area contributed by atoms with Crippen LogP contribution >= 0.6 is 23.2 Å². The summed E-state index contributed by atoms with van der Waals surface area (Å²) in [4.78, 5) is 0. The number of fused-ring (bicyclic) bond motifs is 2. The Kier molecular flexibility index (Phi) is 2.98. The molecule has 21 heavy (non-hydrogen) atoms. The van der Waals surface area contributed by atoms with Crippen molar-refractivity contribution in [1.82, 2.24) is 0 Å². The molecule has 0 bridgehead atoms. The van der Waals surface area contributed by atoms with Crippen molar-refractivity contribution in [3.8, 4) is 5.75 Å². The van der Waals surface area contributed by atoms with Gasteiger partial charge in [-0.2, -0.15) is 0 Å². The maximum absolute atomic E-state index is 6.20. The largest absolute Gasteiger partial charge is 0.477 e. The molecule has 2 heterocycles. The minimum atomic E-state index is -0.219. The highest BCUT2D eigenvalue weighted by Crippen LogP contribution is 2.42. The average molecular weight is 320 g/mol. The lowest BCUT2D eigenvalue weighted by Gasteiger charge is -2.27. The Morgan fingerprint density at radius 2 is 1.95 bits per heavy atom. The number of halogens is 2. The van der Waals surface area contributed by atoms with Crippen molar-refractivity contribution in [2.24, 2.45) is 0 Å². The van der Waals surface area contributed by atoms with Gasteiger partial charge >= 0.3 is 0 Å². The van der Waals surface area contributed by atoms with Gasteiger partial charge in [0.05, 0.1) is 17.3 Å². The molecule has 106 valence electrons. The third kappa shape index (κ3) is 2.23. The SMILES string of the molecule is Clc1cc(Cl)c2c(c1)NCC(c1cc3ccccc3o1)O2. The molecule has 1 N–H and O–H groups in total. The second kappa shape index (κ2) is 4.86. The summed E-state index contributed by atoms with van der Waals surface area (Å²) in [6.07, 6.45) is -0.219. The fourth-order valence-electron chi connectivity index (χ4n) is 2.52. The molecule has 1 aliphatic rings. The van der Waals surface area contributed by atoms with Gasteiger partial charge in [-0.05, 0) is 24.3 Å². The van der Waals surface area contributed by atoms with Crippen LogP contribution in [0.3, 0.4) is 0 Å². The molecule has 1 aromatic heterocycles. The lowest BCUT2D eigenvalue weighted by Crippen LogP contribution is -2.23. The number of hydrogen-bond acceptors (Lipinski definition) is 3. The minimum Gasteiger partial charge on any atom is -0.477 e. The van der Waals surface area contributed by atoms with E-state index in [0.717, 1.165) is 22.4 Å². The fourth-order valence-corrected chi connectivity index (χ4v) is 3.06. The quantitative estimate of drug-likeness (QED) is 0.662. The summed E-state index contributed by atoms with van der Waals surface area (Å²) >= 11 is 12.2. The topological polar surface area (TPSA) is 34.4 Å². The third-order valence-electron chi connectivity index (χ3n) is 3.51. The monoisotopic (exact) mass is 319 g/mol. The van der Waals surface area contributed by atoms with Crippen molar-refractivity contribution in [3.05, 3.63) is 58.3 Å². The number of para-hydroxylation sites is 1. The summed E-state index contributed by atoms with van der Waals surface area (Å²) < 4.78 is 11.8. The molecule has 1 atom stereocenters. The van der Waals surface area contributed by atoms with Gasteiger partial charge < -0.3 is 14.5 Å². The van der Waals surface area contributed by atoms with Gasteiger partial charge in [-0.25, -0.2) is 0 Å². The normalized spacial score (nSPS) is 17.1. The summed E-state index contributed by atoms with van der Waals surface area (Å²) in [5.74, 6) is 1.39. The van der Waals surface area contributed by atoms with E-state index in [1.54, 1.807) is 12.1 Å². The van der Waals surface area contributed by atoms with Crippen LogP contribution in [0.5, 0.6) is 5.75 Å². The van der Waals surface area contributed by atoms with E-state index in [2.05, 4.69) is 5.32 Å². The van der Waals surface area contributed by atoms with Gasteiger partial charge in [0.25, 0.3) is 0 Å². The first kappa shape index (κ1) is 12.9. The predicted molar refractivity (Wildman–Crippen MR) is 84.5 cm³/mol. The van der Waals surface area contributed by atoms with Gasteiger partial charge in [0.15, 0.2) is 11.9 Å². The smallest absolute Gasteiger partial charge is 0.173 e. The fraction of sp³-hybridized carbons (Fsp3) is 0.125. The number of hydrogen-bond donors (Lipinski definition) is 1. The molecule has 0 saturated heterocycles. The van der Waals surface area contributed by atoms with Crippen molar-refractivity contribution in [3.63, 3.8) is 0 Å². The van der Waals surface area contributed by atoms with Gasteiger partial charge in [-0.15, -0.1) is 0 Å². The third-order valence-corrected chi connectivity index (χ3v) is 4.01. The van der Waals surface area contributed by atoms with Crippen molar-refractivity contribution in [2.45, 2.75) is 6.10 Å². The second-order valence-corrected chi connectivity index (χ2v) is 5.78. The lowest BCUT2D eigenvalue weighted by molar-refractivity contribution is 0.184. The van der Waals surface area contributed by atoms with Gasteiger partial charge in [0.1, 0.15) is 11.3 Å². The zero-order chi connectivity index (χ0) is 14.4. The van der Waals surface area contributed by atoms with Gasteiger partial charge in [-0.3, -0.25) is 0 Å². The van der Waals surface area contributed by atoms with E-state index in [9.17, 15) is 0 Å². The van der Waals surface area contributed by atoms with Crippen LogP contribution in [0.1, 0.15) is 11.9 Å². The summed E-state index contributed by atoms with van der Waals surface area (Å²) in [5, 5.41) is 5.41. The number of furan rings is 1. The molecule has 0 radical (unpaired) electrons. The number of nitrogens with one attached hydrogen (secondary N) is 1. The first-order valence-electron chi connectivity index (χ1n) is 6.59. The van der Waals surface area contributed by atoms with Crippen LogP contribution in [0.15, 0.2) is 46.9 Å². The first-order chi connectivity index (χ1) is 10.2. The Morgan fingerprint density at radius 1 is 1.10 bits per heavy atom. The zero-order valence-electron chi connectivity index (χ0n) is 10.9. The van der Waals surface area contributed by atoms with Crippen molar-refractivity contribution in [1.29, 1.82) is 0 Å². The molecule has 4 rings (SSSR count). The zero-order valence-corrected chi connectivity index (χ0v) is 12.4. The van der Waals surface area contributed by atoms with Crippen LogP contribution in [0.4, 0.5) is 5.69 Å². The maximum atomic E-state index is 6.20. The number of benzene rings is 2. The average Bonchev–Trinajstić information content (AvgIpc) is 2.90. The Balaban J connectivity index is 1.71. The van der Waals surface area contributed by atoms with Gasteiger partial charge in [0, 0.05) is 10.4 Å². The standard InChI is InChI=1S/C16H11Cl2NO2/c17-10-6-11(18)16-12(7-10)19-8-15(21-16)14-5-9-3-1-2-4-13(9)20-14/h1-7,15,19H,8H2. The van der Waals surface area contributed by atoms with E-state index in [1.165, 1.54) is 0 Å². The summed E-state index contributed by atoms with van der Waals surface area (Å²) in [6, 6.07) is 13.4. The van der Waals surface area contributed by atoms with E-state index in [1.807, 2.05) is 30.3 Å². The van der Waals surface area contributed by atoms with Crippen LogP contribution < -0.4 is 10.1 Å². The van der Waals surface area contributed by atoms with Crippen molar-refractivity contribution in [2.75, 3.05) is 11.9 Å². The molecular formula is C16H11Cl2NO2. The van der Waals surface area contributed by atoms with Crippen LogP contribution in [0, 0.1) is 0 Å². The molecule has 1 unspecified atom stereocenters. The molecular weight excluding hydrogens is 309 g/mol. The van der Waals surface area contributed by atoms with Crippen LogP contribution in [0.2, 0.25) is 10.0 Å². The summed E-state index contributed by atoms with van der Waals surface area (Å²) in [6.45, 7) is 0.601. The van der Waals surface area contributed by atoms with E-state index in [4.69, 9.17) is 32.4 Å². The molecule has 0 fully saturated rings. The van der Waals surface area contributed by atoms with Crippen LogP contribution in [-0.4, -0.2) is 6.54 Å². The first-order valence-corrected chi connectivity index (χ1v) is 7.34. The lowest BCUT2D eigenvalue weighted by atomic mass is 10.2. The van der Waals surface area contributed by atoms with Crippen molar-refractivity contribution >= 4 is 39.9 Å². The predicted octanol–water partition coefficient (Wildman–Crippen LogP) is 5.29. The molecule has 1 aliphatic heterocycles. The Hall–Kier alpha value is -1.84. The molecule has 3 aromatic rings. The molecule has 3 nitrogen and oxygen atoms in total. The minimum absolute atomic E-state index is 0.219. The summed E-state index contributed by atoms with van der Waals surface area (Å²) in [7, 11) is 0. The van der Waals surface area contributed by atoms with Crippen LogP contribution in [-0.2, 0) is 0 Å². The van der Waals surface area contributed by atoms with E-state index in [-0.39, 0.29) is 6.10 Å². The number of ether oxygens (including phenoxy) is 1. The molecule has 0 saturated carbocycles. The summed E-state index contributed by atoms with van der Waals surface area (Å²) in [5.41, 5.74) is 1.66. The molecule has 2 aromatic carbocycles. The highest BCUT2D eigenvalue weighted by Gasteiger charge is 2.26. The molecule has 5 heteroatoms. The van der Waals surface area contributed by atoms with Gasteiger partial charge in [0.2, 0.25) is 0 Å². The van der Waals surface area contributed by atoms with E-state index < -0.39 is 0 Å². The molecule has 0 aliphatic carbocycles. The molecule has 0 spiro atoms. The Bertz CT molecular complexity index is 795. The number of anilines is 1. The van der Waals surface area contributed by atoms with Crippen LogP contribution in [0.25, 0.3) is 11.0 Å². The molecule has 0 amide bonds. The highest BCUT2D eigenvalue weighted by molar-refractivity contribution is 6.36.